The van der Waals surface area contributed by atoms with Crippen LogP contribution < -0.4 is 11.2 Å². The Balaban J connectivity index is 2.59. The molecule has 78 valence electrons. The topological polar surface area (TPSA) is 102 Å². The molecule has 0 amide bonds. The van der Waals surface area contributed by atoms with E-state index in [0.717, 1.165) is 0 Å². The first-order valence-electron chi connectivity index (χ1n) is 3.67. The first kappa shape index (κ1) is 10.8. The van der Waals surface area contributed by atoms with Gasteiger partial charge in [-0.25, -0.2) is 0 Å². The van der Waals surface area contributed by atoms with Crippen LogP contribution in [0.15, 0.2) is 24.3 Å². The van der Waals surface area contributed by atoms with E-state index < -0.39 is 16.0 Å². The van der Waals surface area contributed by atoms with E-state index in [-0.39, 0.29) is 5.75 Å². The summed E-state index contributed by atoms with van der Waals surface area (Å²) in [6.07, 6.45) is 0. The zero-order chi connectivity index (χ0) is 10.6. The van der Waals surface area contributed by atoms with Gasteiger partial charge >= 0.3 is 10.1 Å². The Morgan fingerprint density at radius 2 is 1.93 bits per heavy atom. The van der Waals surface area contributed by atoms with Gasteiger partial charge in [-0.3, -0.25) is 0 Å². The van der Waals surface area contributed by atoms with E-state index in [0.29, 0.717) is 5.69 Å². The fraction of sp³-hybridized carbons (Fsp3) is 0.143. The van der Waals surface area contributed by atoms with E-state index in [2.05, 4.69) is 15.5 Å². The van der Waals surface area contributed by atoms with Crippen LogP contribution in [0.25, 0.3) is 0 Å². The lowest BCUT2D eigenvalue weighted by atomic mass is 10.3. The van der Waals surface area contributed by atoms with Crippen LogP contribution in [0.1, 0.15) is 0 Å². The number of hydrogen-bond acceptors (Lipinski definition) is 6. The maximum absolute atomic E-state index is 10.8. The van der Waals surface area contributed by atoms with Gasteiger partial charge in [0.05, 0.1) is 0 Å². The Kier molecular flexibility index (Phi) is 3.28. The molecule has 0 saturated carbocycles. The van der Waals surface area contributed by atoms with E-state index in [1.165, 1.54) is 24.3 Å². The maximum Gasteiger partial charge on any atom is 0.301 e. The lowest BCUT2D eigenvalue weighted by Gasteiger charge is -2.05. The van der Waals surface area contributed by atoms with Crippen LogP contribution in [0.3, 0.4) is 0 Å². The molecule has 0 unspecified atom stereocenters. The molecule has 0 spiro atoms. The normalized spacial score (nSPS) is 11.2. The number of phenolic OH excluding ortho intramolecular Hbond substituents is 1. The zero-order valence-corrected chi connectivity index (χ0v) is 7.99. The minimum Gasteiger partial charge on any atom is -0.508 e. The van der Waals surface area contributed by atoms with Gasteiger partial charge in [-0.2, -0.15) is 18.6 Å². The van der Waals surface area contributed by atoms with Gasteiger partial charge in [0.15, 0.2) is 0 Å². The Labute approximate surface area is 81.4 Å². The van der Waals surface area contributed by atoms with Gasteiger partial charge in [0.2, 0.25) is 0 Å². The molecule has 0 aliphatic heterocycles. The van der Waals surface area contributed by atoms with Crippen molar-refractivity contribution in [3.63, 3.8) is 0 Å². The maximum atomic E-state index is 10.8. The Hall–Kier alpha value is -1.31. The molecule has 1 aromatic rings. The average Bonchev–Trinajstić information content (AvgIpc) is 2.17. The molecule has 0 bridgehead atoms. The van der Waals surface area contributed by atoms with Crippen molar-refractivity contribution in [2.24, 2.45) is 5.90 Å². The number of anilines is 1. The molecule has 1 aromatic carbocycles. The molecular weight excluding hydrogens is 208 g/mol. The predicted molar refractivity (Wildman–Crippen MR) is 50.8 cm³/mol. The molecule has 14 heavy (non-hydrogen) atoms. The van der Waals surface area contributed by atoms with Crippen LogP contribution in [0.2, 0.25) is 0 Å². The standard InChI is InChI=1S/C7H10N2O4S/c8-13-14(11,12)5-9-6-1-3-7(10)4-2-6/h1-4,9-10H,5,8H2. The first-order valence-corrected chi connectivity index (χ1v) is 5.25. The van der Waals surface area contributed by atoms with Crippen molar-refractivity contribution < 1.29 is 17.8 Å². The summed E-state index contributed by atoms with van der Waals surface area (Å²) < 4.78 is 25.3. The van der Waals surface area contributed by atoms with Gasteiger partial charge in [-0.15, -0.1) is 0 Å². The van der Waals surface area contributed by atoms with E-state index in [1.807, 2.05) is 0 Å². The summed E-state index contributed by atoms with van der Waals surface area (Å²) in [6.45, 7) is 0. The van der Waals surface area contributed by atoms with Gasteiger partial charge in [0, 0.05) is 5.69 Å². The van der Waals surface area contributed by atoms with Crippen LogP contribution >= 0.6 is 0 Å². The highest BCUT2D eigenvalue weighted by atomic mass is 32.2. The third-order valence-corrected chi connectivity index (χ3v) is 2.26. The number of hydrogen-bond donors (Lipinski definition) is 3. The van der Waals surface area contributed by atoms with Crippen LogP contribution in [-0.2, 0) is 14.4 Å². The number of rotatable bonds is 4. The van der Waals surface area contributed by atoms with Crippen molar-refractivity contribution in [3.05, 3.63) is 24.3 Å². The largest absolute Gasteiger partial charge is 0.508 e. The van der Waals surface area contributed by atoms with Crippen molar-refractivity contribution in [2.75, 3.05) is 11.2 Å². The van der Waals surface area contributed by atoms with Gasteiger partial charge in [-0.05, 0) is 24.3 Å². The van der Waals surface area contributed by atoms with E-state index in [9.17, 15) is 8.42 Å². The third-order valence-electron chi connectivity index (χ3n) is 1.47. The summed E-state index contributed by atoms with van der Waals surface area (Å²) in [4.78, 5) is 0. The minimum absolute atomic E-state index is 0.105. The molecule has 0 fully saturated rings. The van der Waals surface area contributed by atoms with Gasteiger partial charge in [0.25, 0.3) is 0 Å². The van der Waals surface area contributed by atoms with E-state index >= 15 is 0 Å². The van der Waals surface area contributed by atoms with Crippen LogP contribution in [0.4, 0.5) is 5.69 Å². The summed E-state index contributed by atoms with van der Waals surface area (Å²) in [7, 11) is -3.72. The molecule has 0 aromatic heterocycles. The van der Waals surface area contributed by atoms with Crippen molar-refractivity contribution in [3.8, 4) is 5.75 Å². The molecule has 0 saturated heterocycles. The Bertz CT molecular complexity index is 387. The molecule has 7 heteroatoms. The Morgan fingerprint density at radius 1 is 1.36 bits per heavy atom. The van der Waals surface area contributed by atoms with Crippen molar-refractivity contribution >= 4 is 15.8 Å². The van der Waals surface area contributed by atoms with E-state index in [1.54, 1.807) is 0 Å². The number of aromatic hydroxyl groups is 1. The third kappa shape index (κ3) is 3.21. The van der Waals surface area contributed by atoms with Crippen LogP contribution in [0, 0.1) is 0 Å². The molecule has 0 radical (unpaired) electrons. The minimum atomic E-state index is -3.72. The second kappa shape index (κ2) is 4.27. The van der Waals surface area contributed by atoms with Crippen molar-refractivity contribution in [2.45, 2.75) is 0 Å². The molecule has 1 rings (SSSR count). The summed E-state index contributed by atoms with van der Waals surface area (Å²) >= 11 is 0. The summed E-state index contributed by atoms with van der Waals surface area (Å²) in [6, 6.07) is 5.92. The predicted octanol–water partition coefficient (Wildman–Crippen LogP) is -0.0183. The van der Waals surface area contributed by atoms with Crippen molar-refractivity contribution in [1.29, 1.82) is 0 Å². The number of benzene rings is 1. The summed E-state index contributed by atoms with van der Waals surface area (Å²) in [5.41, 5.74) is 0.545. The molecule has 0 aliphatic carbocycles. The van der Waals surface area contributed by atoms with Crippen LogP contribution in [-0.4, -0.2) is 19.4 Å². The fourth-order valence-electron chi connectivity index (χ4n) is 0.785. The second-order valence-electron chi connectivity index (χ2n) is 2.52. The fourth-order valence-corrected chi connectivity index (χ4v) is 1.20. The van der Waals surface area contributed by atoms with Gasteiger partial charge in [-0.1, -0.05) is 0 Å². The monoisotopic (exact) mass is 218 g/mol. The highest BCUT2D eigenvalue weighted by Crippen LogP contribution is 2.13. The summed E-state index contributed by atoms with van der Waals surface area (Å²) in [5.74, 6) is 4.21. The molecule has 4 N–H and O–H groups in total. The van der Waals surface area contributed by atoms with Gasteiger partial charge < -0.3 is 10.4 Å². The quantitative estimate of drug-likeness (QED) is 0.485. The summed E-state index contributed by atoms with van der Waals surface area (Å²) in [5, 5.41) is 11.5. The van der Waals surface area contributed by atoms with Gasteiger partial charge in [0.1, 0.15) is 11.6 Å². The first-order chi connectivity index (χ1) is 6.53. The highest BCUT2D eigenvalue weighted by Gasteiger charge is 2.07. The molecular formula is C7H10N2O4S. The number of phenols is 1. The lowest BCUT2D eigenvalue weighted by molar-refractivity contribution is 0.334. The average molecular weight is 218 g/mol. The smallest absolute Gasteiger partial charge is 0.301 e. The number of nitrogens with two attached hydrogens (primary N) is 1. The highest BCUT2D eigenvalue weighted by molar-refractivity contribution is 7.86. The van der Waals surface area contributed by atoms with Crippen molar-refractivity contribution in [1.82, 2.24) is 0 Å². The molecule has 0 atom stereocenters. The molecule has 0 aliphatic rings. The molecule has 0 heterocycles. The Morgan fingerprint density at radius 3 is 2.43 bits per heavy atom. The van der Waals surface area contributed by atoms with Crippen LogP contribution in [0.5, 0.6) is 5.75 Å². The zero-order valence-electron chi connectivity index (χ0n) is 7.17. The second-order valence-corrected chi connectivity index (χ2v) is 4.12. The molecule has 6 nitrogen and oxygen atoms in total. The lowest BCUT2D eigenvalue weighted by Crippen LogP contribution is -2.20. The number of nitrogens with one attached hydrogen (secondary N) is 1. The van der Waals surface area contributed by atoms with E-state index in [4.69, 9.17) is 5.11 Å². The SMILES string of the molecule is NOS(=O)(=O)CNc1ccc(O)cc1.